The van der Waals surface area contributed by atoms with Crippen LogP contribution in [0, 0.1) is 0 Å². The van der Waals surface area contributed by atoms with Crippen molar-refractivity contribution < 1.29 is 9.90 Å². The van der Waals surface area contributed by atoms with Crippen molar-refractivity contribution in [3.8, 4) is 0 Å². The standard InChI is InChI=1S/C18H26N2O2/c21-17(22)15-19-11-13-20(14-12-19)18(9-5-2-6-10-18)16-7-3-1-4-8-16/h1,3-4,7-8H,2,5-6,9-15H2,(H,21,22). The molecule has 0 spiro atoms. The lowest BCUT2D eigenvalue weighted by molar-refractivity contribution is -0.139. The Morgan fingerprint density at radius 3 is 2.23 bits per heavy atom. The molecule has 0 unspecified atom stereocenters. The molecule has 1 heterocycles. The van der Waals surface area contributed by atoms with Gasteiger partial charge < -0.3 is 5.11 Å². The first-order valence-corrected chi connectivity index (χ1v) is 8.45. The molecule has 4 heteroatoms. The number of aliphatic carboxylic acids is 1. The van der Waals surface area contributed by atoms with Crippen LogP contribution in [0.5, 0.6) is 0 Å². The van der Waals surface area contributed by atoms with Crippen LogP contribution in [0.2, 0.25) is 0 Å². The quantitative estimate of drug-likeness (QED) is 0.928. The number of nitrogens with zero attached hydrogens (tertiary/aromatic N) is 2. The van der Waals surface area contributed by atoms with Gasteiger partial charge in [-0.05, 0) is 18.4 Å². The Hall–Kier alpha value is -1.39. The second-order valence-corrected chi connectivity index (χ2v) is 6.62. The fraction of sp³-hybridized carbons (Fsp3) is 0.611. The molecule has 0 atom stereocenters. The molecule has 1 aromatic carbocycles. The number of piperazine rings is 1. The maximum atomic E-state index is 10.9. The molecule has 2 fully saturated rings. The lowest BCUT2D eigenvalue weighted by Gasteiger charge is -2.50. The number of benzene rings is 1. The summed E-state index contributed by atoms with van der Waals surface area (Å²) < 4.78 is 0. The van der Waals surface area contributed by atoms with Crippen molar-refractivity contribution in [3.05, 3.63) is 35.9 Å². The predicted molar refractivity (Wildman–Crippen MR) is 86.9 cm³/mol. The van der Waals surface area contributed by atoms with Crippen LogP contribution in [0.3, 0.4) is 0 Å². The number of hydrogen-bond acceptors (Lipinski definition) is 3. The molecule has 0 amide bonds. The molecular formula is C18H26N2O2. The summed E-state index contributed by atoms with van der Waals surface area (Å²) in [6.45, 7) is 3.85. The molecule has 0 radical (unpaired) electrons. The minimum atomic E-state index is -0.719. The van der Waals surface area contributed by atoms with E-state index >= 15 is 0 Å². The topological polar surface area (TPSA) is 43.8 Å². The van der Waals surface area contributed by atoms with Crippen LogP contribution in [0.25, 0.3) is 0 Å². The van der Waals surface area contributed by atoms with Crippen molar-refractivity contribution in [1.29, 1.82) is 0 Å². The highest BCUT2D eigenvalue weighted by molar-refractivity contribution is 5.69. The SMILES string of the molecule is O=C(O)CN1CCN(C2(c3ccccc3)CCCCC2)CC1. The van der Waals surface area contributed by atoms with Crippen molar-refractivity contribution in [2.45, 2.75) is 37.6 Å². The Morgan fingerprint density at radius 1 is 1.00 bits per heavy atom. The number of carboxylic acids is 1. The lowest BCUT2D eigenvalue weighted by Crippen LogP contribution is -2.56. The molecule has 2 aliphatic rings. The van der Waals surface area contributed by atoms with Gasteiger partial charge in [-0.2, -0.15) is 0 Å². The third kappa shape index (κ3) is 3.18. The van der Waals surface area contributed by atoms with Gasteiger partial charge in [-0.1, -0.05) is 49.6 Å². The largest absolute Gasteiger partial charge is 0.480 e. The Labute approximate surface area is 132 Å². The van der Waals surface area contributed by atoms with E-state index in [0.29, 0.717) is 0 Å². The molecule has 120 valence electrons. The minimum absolute atomic E-state index is 0.173. The summed E-state index contributed by atoms with van der Waals surface area (Å²) in [7, 11) is 0. The van der Waals surface area contributed by atoms with Gasteiger partial charge in [0.2, 0.25) is 0 Å². The Morgan fingerprint density at radius 2 is 1.64 bits per heavy atom. The fourth-order valence-electron chi connectivity index (χ4n) is 4.20. The van der Waals surface area contributed by atoms with Crippen molar-refractivity contribution in [1.82, 2.24) is 9.80 Å². The zero-order chi connectivity index (χ0) is 15.4. The first-order chi connectivity index (χ1) is 10.7. The van der Waals surface area contributed by atoms with Gasteiger partial charge in [0, 0.05) is 31.7 Å². The van der Waals surface area contributed by atoms with E-state index < -0.39 is 5.97 Å². The summed E-state index contributed by atoms with van der Waals surface area (Å²) in [5, 5.41) is 8.95. The average molecular weight is 302 g/mol. The molecule has 0 aromatic heterocycles. The Balaban J connectivity index is 1.75. The van der Waals surface area contributed by atoms with Gasteiger partial charge in [-0.15, -0.1) is 0 Å². The van der Waals surface area contributed by atoms with Gasteiger partial charge in [0.1, 0.15) is 0 Å². The molecule has 22 heavy (non-hydrogen) atoms. The molecule has 1 aliphatic heterocycles. The summed E-state index contributed by atoms with van der Waals surface area (Å²) in [5.74, 6) is -0.719. The first kappa shape index (κ1) is 15.5. The number of carbonyl (C=O) groups is 1. The van der Waals surface area contributed by atoms with Crippen molar-refractivity contribution in [2.24, 2.45) is 0 Å². The first-order valence-electron chi connectivity index (χ1n) is 8.45. The summed E-state index contributed by atoms with van der Waals surface area (Å²) in [4.78, 5) is 15.6. The van der Waals surface area contributed by atoms with Gasteiger partial charge in [0.05, 0.1) is 6.54 Å². The predicted octanol–water partition coefficient (Wildman–Crippen LogP) is 2.55. The smallest absolute Gasteiger partial charge is 0.317 e. The van der Waals surface area contributed by atoms with Crippen molar-refractivity contribution >= 4 is 5.97 Å². The maximum absolute atomic E-state index is 10.9. The van der Waals surface area contributed by atoms with Crippen LogP contribution in [0.1, 0.15) is 37.7 Å². The maximum Gasteiger partial charge on any atom is 0.317 e. The normalized spacial score (nSPS) is 23.3. The van der Waals surface area contributed by atoms with Crippen LogP contribution < -0.4 is 0 Å². The average Bonchev–Trinajstić information content (AvgIpc) is 2.56. The summed E-state index contributed by atoms with van der Waals surface area (Å²) in [6, 6.07) is 10.9. The third-order valence-electron chi connectivity index (χ3n) is 5.33. The van der Waals surface area contributed by atoms with E-state index in [1.165, 1.54) is 37.7 Å². The van der Waals surface area contributed by atoms with Gasteiger partial charge in [-0.3, -0.25) is 14.6 Å². The minimum Gasteiger partial charge on any atom is -0.480 e. The van der Waals surface area contributed by atoms with E-state index in [1.807, 2.05) is 0 Å². The number of carboxylic acid groups (broad SMARTS) is 1. The molecule has 3 rings (SSSR count). The molecule has 1 N–H and O–H groups in total. The van der Waals surface area contributed by atoms with E-state index in [1.54, 1.807) is 0 Å². The van der Waals surface area contributed by atoms with E-state index in [4.69, 9.17) is 5.11 Å². The van der Waals surface area contributed by atoms with E-state index in [0.717, 1.165) is 26.2 Å². The second kappa shape index (κ2) is 6.80. The van der Waals surface area contributed by atoms with Gasteiger partial charge >= 0.3 is 5.97 Å². The van der Waals surface area contributed by atoms with Crippen LogP contribution in [0.15, 0.2) is 30.3 Å². The number of rotatable bonds is 4. The summed E-state index contributed by atoms with van der Waals surface area (Å²) in [5.41, 5.74) is 1.62. The molecule has 1 saturated carbocycles. The molecule has 1 saturated heterocycles. The number of hydrogen-bond donors (Lipinski definition) is 1. The molecule has 1 aliphatic carbocycles. The Bertz CT molecular complexity index is 489. The van der Waals surface area contributed by atoms with Crippen molar-refractivity contribution in [2.75, 3.05) is 32.7 Å². The highest BCUT2D eigenvalue weighted by Gasteiger charge is 2.40. The van der Waals surface area contributed by atoms with Crippen LogP contribution in [0.4, 0.5) is 0 Å². The lowest BCUT2D eigenvalue weighted by atomic mass is 9.75. The third-order valence-corrected chi connectivity index (χ3v) is 5.33. The Kier molecular flexibility index (Phi) is 4.79. The van der Waals surface area contributed by atoms with E-state index in [-0.39, 0.29) is 12.1 Å². The monoisotopic (exact) mass is 302 g/mol. The molecule has 0 bridgehead atoms. The van der Waals surface area contributed by atoms with Crippen LogP contribution in [-0.2, 0) is 10.3 Å². The summed E-state index contributed by atoms with van der Waals surface area (Å²) >= 11 is 0. The van der Waals surface area contributed by atoms with Crippen LogP contribution in [-0.4, -0.2) is 53.6 Å². The zero-order valence-electron chi connectivity index (χ0n) is 13.2. The molecular weight excluding hydrogens is 276 g/mol. The van der Waals surface area contributed by atoms with Crippen LogP contribution >= 0.6 is 0 Å². The highest BCUT2D eigenvalue weighted by atomic mass is 16.4. The zero-order valence-corrected chi connectivity index (χ0v) is 13.2. The van der Waals surface area contributed by atoms with Gasteiger partial charge in [0.15, 0.2) is 0 Å². The fourth-order valence-corrected chi connectivity index (χ4v) is 4.20. The molecule has 1 aromatic rings. The van der Waals surface area contributed by atoms with E-state index in [2.05, 4.69) is 40.1 Å². The van der Waals surface area contributed by atoms with Gasteiger partial charge in [0.25, 0.3) is 0 Å². The van der Waals surface area contributed by atoms with Crippen molar-refractivity contribution in [3.63, 3.8) is 0 Å². The highest BCUT2D eigenvalue weighted by Crippen LogP contribution is 2.42. The van der Waals surface area contributed by atoms with Gasteiger partial charge in [-0.25, -0.2) is 0 Å². The second-order valence-electron chi connectivity index (χ2n) is 6.62. The summed E-state index contributed by atoms with van der Waals surface area (Å²) in [6.07, 6.45) is 6.40. The molecule has 4 nitrogen and oxygen atoms in total. The van der Waals surface area contributed by atoms with E-state index in [9.17, 15) is 4.79 Å².